The molecule has 0 saturated carbocycles. The molecule has 0 amide bonds. The molecular formula is C15H15BrN2O2. The summed E-state index contributed by atoms with van der Waals surface area (Å²) < 4.78 is 6.60. The van der Waals surface area contributed by atoms with Gasteiger partial charge in [0.1, 0.15) is 12.4 Å². The Morgan fingerprint density at radius 3 is 2.80 bits per heavy atom. The van der Waals surface area contributed by atoms with Gasteiger partial charge in [-0.3, -0.25) is 0 Å². The number of halogens is 1. The zero-order valence-electron chi connectivity index (χ0n) is 11.0. The molecule has 0 aliphatic carbocycles. The van der Waals surface area contributed by atoms with Crippen LogP contribution < -0.4 is 10.5 Å². The van der Waals surface area contributed by atoms with Crippen LogP contribution in [0.2, 0.25) is 0 Å². The van der Waals surface area contributed by atoms with Crippen molar-refractivity contribution in [1.29, 1.82) is 0 Å². The minimum absolute atomic E-state index is 0.0190. The van der Waals surface area contributed by atoms with Crippen LogP contribution in [0, 0.1) is 6.92 Å². The molecule has 3 N–H and O–H groups in total. The third-order valence-corrected chi connectivity index (χ3v) is 3.30. The molecule has 0 fully saturated rings. The van der Waals surface area contributed by atoms with Gasteiger partial charge in [-0.05, 0) is 30.7 Å². The summed E-state index contributed by atoms with van der Waals surface area (Å²) in [4.78, 5) is 0. The lowest BCUT2D eigenvalue weighted by Crippen LogP contribution is -2.15. The van der Waals surface area contributed by atoms with Crippen LogP contribution >= 0.6 is 15.9 Å². The third-order valence-electron chi connectivity index (χ3n) is 2.80. The average molecular weight is 335 g/mol. The number of nitrogens with two attached hydrogens (primary N) is 1. The van der Waals surface area contributed by atoms with Gasteiger partial charge in [0.15, 0.2) is 5.84 Å². The zero-order chi connectivity index (χ0) is 14.5. The second-order valence-corrected chi connectivity index (χ2v) is 5.32. The summed E-state index contributed by atoms with van der Waals surface area (Å²) in [6.07, 6.45) is 0. The molecule has 0 bridgehead atoms. The summed E-state index contributed by atoms with van der Waals surface area (Å²) in [5.41, 5.74) is 8.45. The number of amidine groups is 1. The summed E-state index contributed by atoms with van der Waals surface area (Å²) in [6, 6.07) is 13.5. The number of benzene rings is 2. The Bertz CT molecular complexity index is 642. The van der Waals surface area contributed by atoms with E-state index in [0.717, 1.165) is 10.0 Å². The standard InChI is InChI=1S/C15H15BrN2O2/c1-10-3-2-4-11(7-10)9-20-14-6-5-12(16)8-13(14)15(17)18-19/h2-8,19H,9H2,1H3,(H2,17,18). The Morgan fingerprint density at radius 1 is 1.30 bits per heavy atom. The maximum atomic E-state index is 8.82. The quantitative estimate of drug-likeness (QED) is 0.389. The Hall–Kier alpha value is -2.01. The smallest absolute Gasteiger partial charge is 0.173 e. The topological polar surface area (TPSA) is 67.8 Å². The van der Waals surface area contributed by atoms with E-state index in [0.29, 0.717) is 17.9 Å². The Balaban J connectivity index is 2.21. The first-order valence-electron chi connectivity index (χ1n) is 6.06. The second-order valence-electron chi connectivity index (χ2n) is 4.40. The molecule has 0 aliphatic heterocycles. The predicted molar refractivity (Wildman–Crippen MR) is 82.2 cm³/mol. The first kappa shape index (κ1) is 14.4. The Morgan fingerprint density at radius 2 is 2.10 bits per heavy atom. The van der Waals surface area contributed by atoms with Crippen molar-refractivity contribution in [2.24, 2.45) is 10.9 Å². The van der Waals surface area contributed by atoms with Crippen LogP contribution in [0.25, 0.3) is 0 Å². The summed E-state index contributed by atoms with van der Waals surface area (Å²) in [5, 5.41) is 11.8. The normalized spacial score (nSPS) is 11.4. The van der Waals surface area contributed by atoms with E-state index >= 15 is 0 Å². The van der Waals surface area contributed by atoms with E-state index in [4.69, 9.17) is 15.7 Å². The number of hydrogen-bond acceptors (Lipinski definition) is 3. The second kappa shape index (κ2) is 6.43. The van der Waals surface area contributed by atoms with Gasteiger partial charge in [-0.2, -0.15) is 0 Å². The maximum absolute atomic E-state index is 8.82. The van der Waals surface area contributed by atoms with E-state index in [1.54, 1.807) is 12.1 Å². The molecular weight excluding hydrogens is 320 g/mol. The van der Waals surface area contributed by atoms with Gasteiger partial charge in [0.2, 0.25) is 0 Å². The molecule has 0 heterocycles. The van der Waals surface area contributed by atoms with Crippen LogP contribution in [0.1, 0.15) is 16.7 Å². The number of nitrogens with zero attached hydrogens (tertiary/aromatic N) is 1. The zero-order valence-corrected chi connectivity index (χ0v) is 12.6. The van der Waals surface area contributed by atoms with Crippen molar-refractivity contribution < 1.29 is 9.94 Å². The fourth-order valence-electron chi connectivity index (χ4n) is 1.85. The molecule has 5 heteroatoms. The molecule has 0 aromatic heterocycles. The SMILES string of the molecule is Cc1cccc(COc2ccc(Br)cc2/C(N)=N/O)c1. The van der Waals surface area contributed by atoms with Crippen molar-refractivity contribution >= 4 is 21.8 Å². The van der Waals surface area contributed by atoms with Crippen molar-refractivity contribution in [3.63, 3.8) is 0 Å². The predicted octanol–water partition coefficient (Wildman–Crippen LogP) is 3.43. The molecule has 0 radical (unpaired) electrons. The summed E-state index contributed by atoms with van der Waals surface area (Å²) in [7, 11) is 0. The van der Waals surface area contributed by atoms with E-state index in [1.807, 2.05) is 31.2 Å². The molecule has 0 aliphatic rings. The van der Waals surface area contributed by atoms with E-state index in [2.05, 4.69) is 27.2 Å². The number of ether oxygens (including phenoxy) is 1. The van der Waals surface area contributed by atoms with Gasteiger partial charge in [-0.25, -0.2) is 0 Å². The molecule has 0 atom stereocenters. The van der Waals surface area contributed by atoms with Crippen molar-refractivity contribution in [2.75, 3.05) is 0 Å². The Labute approximate surface area is 126 Å². The molecule has 2 aromatic carbocycles. The molecule has 2 aromatic rings. The maximum Gasteiger partial charge on any atom is 0.173 e. The number of oxime groups is 1. The van der Waals surface area contributed by atoms with Crippen LogP contribution in [0.3, 0.4) is 0 Å². The van der Waals surface area contributed by atoms with Crippen molar-refractivity contribution in [1.82, 2.24) is 0 Å². The summed E-state index contributed by atoms with van der Waals surface area (Å²) >= 11 is 3.35. The van der Waals surface area contributed by atoms with Gasteiger partial charge < -0.3 is 15.7 Å². The first-order valence-corrected chi connectivity index (χ1v) is 6.85. The fraction of sp³-hybridized carbons (Fsp3) is 0.133. The molecule has 0 saturated heterocycles. The lowest BCUT2D eigenvalue weighted by Gasteiger charge is -2.11. The molecule has 0 spiro atoms. The van der Waals surface area contributed by atoms with E-state index < -0.39 is 0 Å². The van der Waals surface area contributed by atoms with Gasteiger partial charge in [-0.1, -0.05) is 50.9 Å². The minimum Gasteiger partial charge on any atom is -0.488 e. The number of rotatable bonds is 4. The van der Waals surface area contributed by atoms with Gasteiger partial charge in [-0.15, -0.1) is 0 Å². The lowest BCUT2D eigenvalue weighted by atomic mass is 10.1. The molecule has 20 heavy (non-hydrogen) atoms. The van der Waals surface area contributed by atoms with Gasteiger partial charge >= 0.3 is 0 Å². The molecule has 0 unspecified atom stereocenters. The lowest BCUT2D eigenvalue weighted by molar-refractivity contribution is 0.303. The van der Waals surface area contributed by atoms with Crippen LogP contribution in [-0.2, 0) is 6.61 Å². The van der Waals surface area contributed by atoms with Crippen LogP contribution in [0.15, 0.2) is 52.1 Å². The van der Waals surface area contributed by atoms with E-state index in [-0.39, 0.29) is 5.84 Å². The average Bonchev–Trinajstić information content (AvgIpc) is 2.45. The van der Waals surface area contributed by atoms with Gasteiger partial charge in [0.05, 0.1) is 5.56 Å². The first-order chi connectivity index (χ1) is 9.60. The molecule has 104 valence electrons. The fourth-order valence-corrected chi connectivity index (χ4v) is 2.21. The molecule has 2 rings (SSSR count). The number of hydrogen-bond donors (Lipinski definition) is 2. The highest BCUT2D eigenvalue weighted by molar-refractivity contribution is 9.10. The largest absolute Gasteiger partial charge is 0.488 e. The highest BCUT2D eigenvalue weighted by Gasteiger charge is 2.09. The molecule has 4 nitrogen and oxygen atoms in total. The third kappa shape index (κ3) is 3.51. The van der Waals surface area contributed by atoms with Crippen LogP contribution in [-0.4, -0.2) is 11.0 Å². The van der Waals surface area contributed by atoms with E-state index in [9.17, 15) is 0 Å². The monoisotopic (exact) mass is 334 g/mol. The van der Waals surface area contributed by atoms with E-state index in [1.165, 1.54) is 5.56 Å². The summed E-state index contributed by atoms with van der Waals surface area (Å²) in [5.74, 6) is 0.593. The summed E-state index contributed by atoms with van der Waals surface area (Å²) in [6.45, 7) is 2.46. The van der Waals surface area contributed by atoms with Crippen molar-refractivity contribution in [3.05, 3.63) is 63.6 Å². The minimum atomic E-state index is 0.0190. The number of aryl methyl sites for hydroxylation is 1. The highest BCUT2D eigenvalue weighted by Crippen LogP contribution is 2.24. The van der Waals surface area contributed by atoms with Gasteiger partial charge in [0, 0.05) is 4.47 Å². The highest BCUT2D eigenvalue weighted by atomic mass is 79.9. The van der Waals surface area contributed by atoms with Crippen molar-refractivity contribution in [3.8, 4) is 5.75 Å². The van der Waals surface area contributed by atoms with Gasteiger partial charge in [0.25, 0.3) is 0 Å². The Kier molecular flexibility index (Phi) is 4.63. The van der Waals surface area contributed by atoms with Crippen molar-refractivity contribution in [2.45, 2.75) is 13.5 Å². The van der Waals surface area contributed by atoms with Crippen LogP contribution in [0.5, 0.6) is 5.75 Å². The van der Waals surface area contributed by atoms with Crippen LogP contribution in [0.4, 0.5) is 0 Å².